The van der Waals surface area contributed by atoms with Gasteiger partial charge in [0.05, 0.1) is 16.2 Å². The minimum Gasteiger partial charge on any atom is -0.224 e. The van der Waals surface area contributed by atoms with Gasteiger partial charge in [-0.2, -0.15) is 5.26 Å². The molecule has 0 unspecified atom stereocenters. The SMILES string of the molecule is CCCS(=O)(=O)c1ccccc1C#N. The molecule has 0 spiro atoms. The molecule has 0 saturated carbocycles. The van der Waals surface area contributed by atoms with Crippen LogP contribution in [0.25, 0.3) is 0 Å². The Balaban J connectivity index is 3.27. The Morgan fingerprint density at radius 1 is 1.36 bits per heavy atom. The molecule has 0 aliphatic rings. The van der Waals surface area contributed by atoms with E-state index in [9.17, 15) is 8.42 Å². The summed E-state index contributed by atoms with van der Waals surface area (Å²) in [7, 11) is -3.28. The topological polar surface area (TPSA) is 57.9 Å². The molecule has 0 saturated heterocycles. The molecule has 0 N–H and O–H groups in total. The Labute approximate surface area is 83.9 Å². The van der Waals surface area contributed by atoms with Crippen molar-refractivity contribution in [3.63, 3.8) is 0 Å². The van der Waals surface area contributed by atoms with Crippen molar-refractivity contribution in [3.8, 4) is 6.07 Å². The Morgan fingerprint density at radius 2 is 2.00 bits per heavy atom. The van der Waals surface area contributed by atoms with Crippen LogP contribution in [-0.2, 0) is 9.84 Å². The van der Waals surface area contributed by atoms with Crippen LogP contribution in [0.2, 0.25) is 0 Å². The summed E-state index contributed by atoms with van der Waals surface area (Å²) in [6, 6.07) is 8.16. The van der Waals surface area contributed by atoms with Crippen LogP contribution < -0.4 is 0 Å². The van der Waals surface area contributed by atoms with Gasteiger partial charge in [0, 0.05) is 0 Å². The second kappa shape index (κ2) is 4.25. The molecule has 1 rings (SSSR count). The van der Waals surface area contributed by atoms with Gasteiger partial charge in [-0.15, -0.1) is 0 Å². The third-order valence-corrected chi connectivity index (χ3v) is 3.79. The van der Waals surface area contributed by atoms with Crippen LogP contribution in [0.1, 0.15) is 18.9 Å². The van der Waals surface area contributed by atoms with Gasteiger partial charge in [0.15, 0.2) is 9.84 Å². The maximum Gasteiger partial charge on any atom is 0.179 e. The van der Waals surface area contributed by atoms with E-state index >= 15 is 0 Å². The van der Waals surface area contributed by atoms with E-state index in [2.05, 4.69) is 0 Å². The van der Waals surface area contributed by atoms with E-state index in [1.807, 2.05) is 6.07 Å². The Bertz CT molecular complexity index is 457. The number of hydrogen-bond acceptors (Lipinski definition) is 3. The maximum absolute atomic E-state index is 11.7. The molecule has 0 heterocycles. The van der Waals surface area contributed by atoms with Crippen molar-refractivity contribution in [1.82, 2.24) is 0 Å². The summed E-state index contributed by atoms with van der Waals surface area (Å²) >= 11 is 0. The molecule has 4 heteroatoms. The summed E-state index contributed by atoms with van der Waals surface area (Å²) in [5.41, 5.74) is 0.223. The zero-order valence-electron chi connectivity index (χ0n) is 7.90. The number of sulfone groups is 1. The molecule has 0 radical (unpaired) electrons. The largest absolute Gasteiger partial charge is 0.224 e. The average molecular weight is 209 g/mol. The lowest BCUT2D eigenvalue weighted by molar-refractivity contribution is 0.594. The van der Waals surface area contributed by atoms with E-state index in [4.69, 9.17) is 5.26 Å². The lowest BCUT2D eigenvalue weighted by Crippen LogP contribution is -2.07. The monoisotopic (exact) mass is 209 g/mol. The number of rotatable bonds is 3. The highest BCUT2D eigenvalue weighted by atomic mass is 32.2. The predicted octanol–water partition coefficient (Wildman–Crippen LogP) is 1.74. The lowest BCUT2D eigenvalue weighted by atomic mass is 10.2. The van der Waals surface area contributed by atoms with Crippen LogP contribution >= 0.6 is 0 Å². The summed E-state index contributed by atoms with van der Waals surface area (Å²) in [4.78, 5) is 0.143. The van der Waals surface area contributed by atoms with Gasteiger partial charge in [-0.05, 0) is 18.6 Å². The molecular weight excluding hydrogens is 198 g/mol. The van der Waals surface area contributed by atoms with Crippen LogP contribution in [-0.4, -0.2) is 14.2 Å². The van der Waals surface area contributed by atoms with Crippen molar-refractivity contribution in [3.05, 3.63) is 29.8 Å². The molecular formula is C10H11NO2S. The van der Waals surface area contributed by atoms with Gasteiger partial charge in [-0.25, -0.2) is 8.42 Å². The van der Waals surface area contributed by atoms with Crippen molar-refractivity contribution >= 4 is 9.84 Å². The fraction of sp³-hybridized carbons (Fsp3) is 0.300. The average Bonchev–Trinajstić information content (AvgIpc) is 2.18. The van der Waals surface area contributed by atoms with Crippen molar-refractivity contribution < 1.29 is 8.42 Å². The molecule has 0 aromatic heterocycles. The van der Waals surface area contributed by atoms with E-state index < -0.39 is 9.84 Å². The van der Waals surface area contributed by atoms with Gasteiger partial charge in [0.25, 0.3) is 0 Å². The minimum absolute atomic E-state index is 0.0890. The summed E-state index contributed by atoms with van der Waals surface area (Å²) in [6.07, 6.45) is 0.558. The van der Waals surface area contributed by atoms with E-state index in [0.717, 1.165) is 0 Å². The zero-order chi connectivity index (χ0) is 10.6. The molecule has 0 bridgehead atoms. The van der Waals surface area contributed by atoms with Crippen LogP contribution in [0.5, 0.6) is 0 Å². The first-order valence-electron chi connectivity index (χ1n) is 4.33. The van der Waals surface area contributed by atoms with Crippen LogP contribution in [0.3, 0.4) is 0 Å². The van der Waals surface area contributed by atoms with E-state index in [1.165, 1.54) is 12.1 Å². The molecule has 0 aliphatic heterocycles. The van der Waals surface area contributed by atoms with Gasteiger partial charge in [-0.1, -0.05) is 19.1 Å². The second-order valence-corrected chi connectivity index (χ2v) is 5.00. The fourth-order valence-electron chi connectivity index (χ4n) is 1.21. The summed E-state index contributed by atoms with van der Waals surface area (Å²) < 4.78 is 23.3. The molecule has 0 fully saturated rings. The Hall–Kier alpha value is -1.34. The van der Waals surface area contributed by atoms with E-state index in [1.54, 1.807) is 19.1 Å². The second-order valence-electron chi connectivity index (χ2n) is 2.93. The first kappa shape index (κ1) is 10.7. The normalized spacial score (nSPS) is 10.9. The van der Waals surface area contributed by atoms with Crippen molar-refractivity contribution in [2.45, 2.75) is 18.2 Å². The predicted molar refractivity (Wildman–Crippen MR) is 53.5 cm³/mol. The Kier molecular flexibility index (Phi) is 3.26. The van der Waals surface area contributed by atoms with E-state index in [0.29, 0.717) is 6.42 Å². The number of nitrogens with zero attached hydrogens (tertiary/aromatic N) is 1. The first-order chi connectivity index (χ1) is 6.61. The standard InChI is InChI=1S/C10H11NO2S/c1-2-7-14(12,13)10-6-4-3-5-9(10)8-11/h3-6H,2,7H2,1H3. The van der Waals surface area contributed by atoms with Gasteiger partial charge < -0.3 is 0 Å². The van der Waals surface area contributed by atoms with Gasteiger partial charge >= 0.3 is 0 Å². The fourth-order valence-corrected chi connectivity index (χ4v) is 2.70. The minimum atomic E-state index is -3.28. The van der Waals surface area contributed by atoms with E-state index in [-0.39, 0.29) is 16.2 Å². The highest BCUT2D eigenvalue weighted by Gasteiger charge is 2.16. The highest BCUT2D eigenvalue weighted by molar-refractivity contribution is 7.91. The molecule has 1 aromatic carbocycles. The summed E-state index contributed by atoms with van der Waals surface area (Å²) in [5, 5.41) is 8.74. The molecule has 14 heavy (non-hydrogen) atoms. The van der Waals surface area contributed by atoms with Crippen molar-refractivity contribution in [2.24, 2.45) is 0 Å². The molecule has 1 aromatic rings. The quantitative estimate of drug-likeness (QED) is 0.761. The van der Waals surface area contributed by atoms with Crippen molar-refractivity contribution in [1.29, 1.82) is 5.26 Å². The first-order valence-corrected chi connectivity index (χ1v) is 5.99. The number of hydrogen-bond donors (Lipinski definition) is 0. The third kappa shape index (κ3) is 2.12. The smallest absolute Gasteiger partial charge is 0.179 e. The Morgan fingerprint density at radius 3 is 2.57 bits per heavy atom. The third-order valence-electron chi connectivity index (χ3n) is 1.82. The molecule has 74 valence electrons. The molecule has 3 nitrogen and oxygen atoms in total. The maximum atomic E-state index is 11.7. The highest BCUT2D eigenvalue weighted by Crippen LogP contribution is 2.16. The van der Waals surface area contributed by atoms with Crippen LogP contribution in [0, 0.1) is 11.3 Å². The van der Waals surface area contributed by atoms with Gasteiger partial charge in [-0.3, -0.25) is 0 Å². The summed E-state index contributed by atoms with van der Waals surface area (Å²) in [6.45, 7) is 1.80. The molecule has 0 atom stereocenters. The molecule has 0 aliphatic carbocycles. The molecule has 0 amide bonds. The van der Waals surface area contributed by atoms with Crippen molar-refractivity contribution in [2.75, 3.05) is 5.75 Å². The van der Waals surface area contributed by atoms with Gasteiger partial charge in [0.1, 0.15) is 6.07 Å². The van der Waals surface area contributed by atoms with Crippen LogP contribution in [0.15, 0.2) is 29.2 Å². The number of nitriles is 1. The van der Waals surface area contributed by atoms with Crippen LogP contribution in [0.4, 0.5) is 0 Å². The number of benzene rings is 1. The van der Waals surface area contributed by atoms with Gasteiger partial charge in [0.2, 0.25) is 0 Å². The zero-order valence-corrected chi connectivity index (χ0v) is 8.71. The lowest BCUT2D eigenvalue weighted by Gasteiger charge is -2.03. The summed E-state index contributed by atoms with van der Waals surface area (Å²) in [5.74, 6) is 0.0890.